The Balaban J connectivity index is 1.58. The van der Waals surface area contributed by atoms with Crippen LogP contribution in [-0.4, -0.2) is 5.91 Å². The number of halogens is 1. The van der Waals surface area contributed by atoms with Crippen LogP contribution >= 0.6 is 0 Å². The molecule has 2 aromatic carbocycles. The molecule has 0 aliphatic rings. The summed E-state index contributed by atoms with van der Waals surface area (Å²) in [7, 11) is 0. The van der Waals surface area contributed by atoms with Crippen molar-refractivity contribution in [1.29, 1.82) is 0 Å². The van der Waals surface area contributed by atoms with Crippen molar-refractivity contribution in [1.82, 2.24) is 0 Å². The zero-order chi connectivity index (χ0) is 17.8. The minimum atomic E-state index is -0.279. The molecule has 3 aromatic rings. The predicted molar refractivity (Wildman–Crippen MR) is 97.0 cm³/mol. The van der Waals surface area contributed by atoms with E-state index in [2.05, 4.69) is 5.32 Å². The molecular formula is C21H20FNO2. The number of rotatable bonds is 5. The van der Waals surface area contributed by atoms with Gasteiger partial charge in [0.25, 0.3) is 0 Å². The van der Waals surface area contributed by atoms with Crippen LogP contribution in [0.3, 0.4) is 0 Å². The number of furan rings is 1. The minimum absolute atomic E-state index is 0.0494. The highest BCUT2D eigenvalue weighted by Crippen LogP contribution is 2.23. The zero-order valence-electron chi connectivity index (χ0n) is 14.3. The Bertz CT molecular complexity index is 881. The number of amides is 1. The summed E-state index contributed by atoms with van der Waals surface area (Å²) in [5, 5.41) is 2.93. The van der Waals surface area contributed by atoms with Crippen LogP contribution in [0.25, 0.3) is 11.3 Å². The van der Waals surface area contributed by atoms with Crippen LogP contribution in [0.5, 0.6) is 0 Å². The second-order valence-electron chi connectivity index (χ2n) is 6.14. The fraction of sp³-hybridized carbons (Fsp3) is 0.190. The maximum Gasteiger partial charge on any atom is 0.224 e. The molecule has 0 saturated carbocycles. The van der Waals surface area contributed by atoms with E-state index in [9.17, 15) is 9.18 Å². The SMILES string of the molecule is Cc1ccc(NC(=O)CCc2ccc(-c3ccc(F)cc3)o2)c(C)c1. The van der Waals surface area contributed by atoms with Crippen molar-refractivity contribution < 1.29 is 13.6 Å². The summed E-state index contributed by atoms with van der Waals surface area (Å²) < 4.78 is 18.7. The number of carbonyl (C=O) groups excluding carboxylic acids is 1. The number of carbonyl (C=O) groups is 1. The Hall–Kier alpha value is -2.88. The van der Waals surface area contributed by atoms with Crippen LogP contribution in [-0.2, 0) is 11.2 Å². The first-order valence-corrected chi connectivity index (χ1v) is 8.23. The van der Waals surface area contributed by atoms with Gasteiger partial charge in [0, 0.05) is 24.1 Å². The van der Waals surface area contributed by atoms with Gasteiger partial charge in [-0.25, -0.2) is 4.39 Å². The van der Waals surface area contributed by atoms with Gasteiger partial charge >= 0.3 is 0 Å². The molecule has 0 spiro atoms. The van der Waals surface area contributed by atoms with E-state index in [0.717, 1.165) is 22.6 Å². The summed E-state index contributed by atoms with van der Waals surface area (Å²) in [5.41, 5.74) is 3.86. The Labute approximate surface area is 146 Å². The van der Waals surface area contributed by atoms with Crippen molar-refractivity contribution in [3.8, 4) is 11.3 Å². The molecule has 1 heterocycles. The number of nitrogens with one attached hydrogen (secondary N) is 1. The van der Waals surface area contributed by atoms with E-state index in [-0.39, 0.29) is 11.7 Å². The number of hydrogen-bond acceptors (Lipinski definition) is 2. The van der Waals surface area contributed by atoms with Gasteiger partial charge in [0.05, 0.1) is 0 Å². The lowest BCUT2D eigenvalue weighted by Crippen LogP contribution is -2.13. The third-order valence-corrected chi connectivity index (χ3v) is 4.04. The Morgan fingerprint density at radius 3 is 2.52 bits per heavy atom. The second-order valence-corrected chi connectivity index (χ2v) is 6.14. The molecule has 0 unspecified atom stereocenters. The molecule has 0 aliphatic carbocycles. The van der Waals surface area contributed by atoms with Crippen LogP contribution < -0.4 is 5.32 Å². The summed E-state index contributed by atoms with van der Waals surface area (Å²) >= 11 is 0. The third kappa shape index (κ3) is 4.35. The van der Waals surface area contributed by atoms with Gasteiger partial charge in [0.15, 0.2) is 0 Å². The topological polar surface area (TPSA) is 42.2 Å². The average molecular weight is 337 g/mol. The smallest absolute Gasteiger partial charge is 0.224 e. The minimum Gasteiger partial charge on any atom is -0.461 e. The van der Waals surface area contributed by atoms with Gasteiger partial charge in [-0.2, -0.15) is 0 Å². The van der Waals surface area contributed by atoms with Crippen molar-refractivity contribution in [3.63, 3.8) is 0 Å². The van der Waals surface area contributed by atoms with E-state index in [4.69, 9.17) is 4.42 Å². The number of hydrogen-bond donors (Lipinski definition) is 1. The molecule has 1 amide bonds. The van der Waals surface area contributed by atoms with Gasteiger partial charge < -0.3 is 9.73 Å². The van der Waals surface area contributed by atoms with Gasteiger partial charge in [-0.1, -0.05) is 17.7 Å². The van der Waals surface area contributed by atoms with Crippen LogP contribution in [0, 0.1) is 19.7 Å². The highest BCUT2D eigenvalue weighted by Gasteiger charge is 2.09. The fourth-order valence-corrected chi connectivity index (χ4v) is 2.68. The first-order valence-electron chi connectivity index (χ1n) is 8.23. The van der Waals surface area contributed by atoms with Crippen LogP contribution in [0.2, 0.25) is 0 Å². The molecule has 128 valence electrons. The molecule has 0 fully saturated rings. The van der Waals surface area contributed by atoms with Crippen LogP contribution in [0.4, 0.5) is 10.1 Å². The largest absolute Gasteiger partial charge is 0.461 e. The van der Waals surface area contributed by atoms with Crippen molar-refractivity contribution >= 4 is 11.6 Å². The number of benzene rings is 2. The standard InChI is InChI=1S/C21H20FNO2/c1-14-3-10-19(15(2)13-14)23-21(24)12-9-18-8-11-20(25-18)16-4-6-17(22)7-5-16/h3-8,10-11,13H,9,12H2,1-2H3,(H,23,24). The van der Waals surface area contributed by atoms with Crippen LogP contribution in [0.1, 0.15) is 23.3 Å². The molecule has 0 radical (unpaired) electrons. The molecular weight excluding hydrogens is 317 g/mol. The Kier molecular flexibility index (Phi) is 4.98. The summed E-state index contributed by atoms with van der Waals surface area (Å²) in [6.07, 6.45) is 0.849. The summed E-state index contributed by atoms with van der Waals surface area (Å²) in [5.74, 6) is 1.07. The molecule has 1 N–H and O–H groups in total. The third-order valence-electron chi connectivity index (χ3n) is 4.04. The summed E-state index contributed by atoms with van der Waals surface area (Å²) in [6.45, 7) is 4.00. The fourth-order valence-electron chi connectivity index (χ4n) is 2.68. The van der Waals surface area contributed by atoms with E-state index in [0.29, 0.717) is 18.6 Å². The van der Waals surface area contributed by atoms with Gasteiger partial charge in [-0.05, 0) is 61.9 Å². The monoisotopic (exact) mass is 337 g/mol. The van der Waals surface area contributed by atoms with E-state index >= 15 is 0 Å². The number of aryl methyl sites for hydroxylation is 3. The average Bonchev–Trinajstić information content (AvgIpc) is 3.05. The summed E-state index contributed by atoms with van der Waals surface area (Å²) in [6, 6.07) is 15.8. The van der Waals surface area contributed by atoms with Crippen LogP contribution in [0.15, 0.2) is 59.0 Å². The maximum atomic E-state index is 13.0. The molecule has 25 heavy (non-hydrogen) atoms. The van der Waals surface area contributed by atoms with E-state index in [1.54, 1.807) is 12.1 Å². The van der Waals surface area contributed by atoms with Crippen molar-refractivity contribution in [2.75, 3.05) is 5.32 Å². The van der Waals surface area contributed by atoms with E-state index in [1.807, 2.05) is 44.2 Å². The van der Waals surface area contributed by atoms with Gasteiger partial charge in [0.1, 0.15) is 17.3 Å². The highest BCUT2D eigenvalue weighted by atomic mass is 19.1. The lowest BCUT2D eigenvalue weighted by atomic mass is 10.1. The molecule has 0 aliphatic heterocycles. The Morgan fingerprint density at radius 1 is 1.04 bits per heavy atom. The molecule has 0 atom stereocenters. The van der Waals surface area contributed by atoms with Crippen molar-refractivity contribution in [3.05, 3.63) is 77.3 Å². The summed E-state index contributed by atoms with van der Waals surface area (Å²) in [4.78, 5) is 12.1. The highest BCUT2D eigenvalue weighted by molar-refractivity contribution is 5.91. The predicted octanol–water partition coefficient (Wildman–Crippen LogP) is 5.27. The van der Waals surface area contributed by atoms with E-state index < -0.39 is 0 Å². The lowest BCUT2D eigenvalue weighted by Gasteiger charge is -2.08. The van der Waals surface area contributed by atoms with Gasteiger partial charge in [-0.3, -0.25) is 4.79 Å². The maximum absolute atomic E-state index is 13.0. The molecule has 3 nitrogen and oxygen atoms in total. The molecule has 3 rings (SSSR count). The van der Waals surface area contributed by atoms with Gasteiger partial charge in [0.2, 0.25) is 5.91 Å². The number of anilines is 1. The second kappa shape index (κ2) is 7.34. The first kappa shape index (κ1) is 17.0. The molecule has 0 bridgehead atoms. The lowest BCUT2D eigenvalue weighted by molar-refractivity contribution is -0.116. The first-order chi connectivity index (χ1) is 12.0. The molecule has 0 saturated heterocycles. The van der Waals surface area contributed by atoms with Crippen molar-refractivity contribution in [2.45, 2.75) is 26.7 Å². The normalized spacial score (nSPS) is 10.7. The van der Waals surface area contributed by atoms with Gasteiger partial charge in [-0.15, -0.1) is 0 Å². The molecule has 1 aromatic heterocycles. The quantitative estimate of drug-likeness (QED) is 0.689. The Morgan fingerprint density at radius 2 is 1.80 bits per heavy atom. The van der Waals surface area contributed by atoms with Crippen molar-refractivity contribution in [2.24, 2.45) is 0 Å². The zero-order valence-corrected chi connectivity index (χ0v) is 14.3. The van der Waals surface area contributed by atoms with E-state index in [1.165, 1.54) is 17.7 Å². The molecule has 4 heteroatoms.